The summed E-state index contributed by atoms with van der Waals surface area (Å²) in [5, 5.41) is 18.0. The molecule has 0 spiro atoms. The van der Waals surface area contributed by atoms with Crippen LogP contribution in [0.4, 0.5) is 0 Å². The minimum atomic E-state index is -1.43. The molecule has 1 aromatic heterocycles. The first-order valence-corrected chi connectivity index (χ1v) is 14.0. The average molecular weight is 566 g/mol. The third-order valence-corrected chi connectivity index (χ3v) is 7.57. The largest absolute Gasteiger partial charge is 0.451 e. The van der Waals surface area contributed by atoms with Gasteiger partial charge in [0.15, 0.2) is 6.10 Å². The van der Waals surface area contributed by atoms with E-state index in [1.54, 1.807) is 32.9 Å². The predicted octanol–water partition coefficient (Wildman–Crippen LogP) is 2.01. The second-order valence-electron chi connectivity index (χ2n) is 11.4. The topological polar surface area (TPSA) is 150 Å². The zero-order chi connectivity index (χ0) is 29.9. The van der Waals surface area contributed by atoms with E-state index in [0.717, 1.165) is 10.9 Å². The van der Waals surface area contributed by atoms with E-state index in [1.807, 2.05) is 37.3 Å². The number of carbonyl (C=O) groups excluding carboxylic acids is 4. The number of hydrogen-bond acceptors (Lipinski definition) is 8. The Morgan fingerprint density at radius 1 is 1.07 bits per heavy atom. The van der Waals surface area contributed by atoms with Gasteiger partial charge in [0.1, 0.15) is 17.5 Å². The van der Waals surface area contributed by atoms with E-state index in [-0.39, 0.29) is 5.91 Å². The van der Waals surface area contributed by atoms with E-state index in [2.05, 4.69) is 16.1 Å². The number of aliphatic hydroxyl groups is 1. The van der Waals surface area contributed by atoms with Crippen LogP contribution in [0, 0.1) is 11.3 Å². The molecule has 4 N–H and O–H groups in total. The zero-order valence-electron chi connectivity index (χ0n) is 24.1. The van der Waals surface area contributed by atoms with Crippen molar-refractivity contribution >= 4 is 40.7 Å². The maximum atomic E-state index is 13.3. The molecule has 4 rings (SSSR count). The average Bonchev–Trinajstić information content (AvgIpc) is 2.96. The van der Waals surface area contributed by atoms with Crippen molar-refractivity contribution in [2.45, 2.75) is 71.7 Å². The van der Waals surface area contributed by atoms with Crippen molar-refractivity contribution in [2.75, 3.05) is 13.2 Å². The number of hydrogen-bond donors (Lipinski definition) is 4. The molecule has 3 heterocycles. The quantitative estimate of drug-likeness (QED) is 0.404. The van der Waals surface area contributed by atoms with Gasteiger partial charge in [-0.3, -0.25) is 29.2 Å². The first kappa shape index (κ1) is 30.1. The van der Waals surface area contributed by atoms with Crippen molar-refractivity contribution in [1.29, 1.82) is 0 Å². The van der Waals surface area contributed by atoms with Gasteiger partial charge >= 0.3 is 5.97 Å². The van der Waals surface area contributed by atoms with Gasteiger partial charge in [-0.15, -0.1) is 0 Å². The van der Waals surface area contributed by atoms with Crippen molar-refractivity contribution in [3.8, 4) is 0 Å². The zero-order valence-corrected chi connectivity index (χ0v) is 24.1. The number of amides is 3. The van der Waals surface area contributed by atoms with Crippen molar-refractivity contribution in [1.82, 2.24) is 26.1 Å². The van der Waals surface area contributed by atoms with E-state index in [4.69, 9.17) is 9.72 Å². The lowest BCUT2D eigenvalue weighted by atomic mass is 9.90. The molecular weight excluding hydrogens is 526 g/mol. The molecule has 2 aromatic rings. The smallest absolute Gasteiger partial charge is 0.318 e. The van der Waals surface area contributed by atoms with E-state index in [9.17, 15) is 24.3 Å². The second-order valence-corrected chi connectivity index (χ2v) is 11.4. The molecule has 1 fully saturated rings. The Labute approximate surface area is 239 Å². The van der Waals surface area contributed by atoms with Crippen molar-refractivity contribution in [3.05, 3.63) is 47.7 Å². The molecule has 3 amide bonds. The lowest BCUT2D eigenvalue weighted by Crippen LogP contribution is -2.61. The van der Waals surface area contributed by atoms with Crippen LogP contribution in [0.15, 0.2) is 36.4 Å². The van der Waals surface area contributed by atoms with Crippen LogP contribution >= 0.6 is 0 Å². The summed E-state index contributed by atoms with van der Waals surface area (Å²) in [6.07, 6.45) is 3.20. The fraction of sp³-hybridized carbons (Fsp3) is 0.500. The Kier molecular flexibility index (Phi) is 9.08. The van der Waals surface area contributed by atoms with Crippen molar-refractivity contribution in [3.63, 3.8) is 0 Å². The Morgan fingerprint density at radius 3 is 2.49 bits per heavy atom. The summed E-state index contributed by atoms with van der Waals surface area (Å²) in [6, 6.07) is 7.43. The highest BCUT2D eigenvalue weighted by Crippen LogP contribution is 2.25. The molecule has 220 valence electrons. The van der Waals surface area contributed by atoms with Crippen LogP contribution in [0.5, 0.6) is 0 Å². The molecule has 1 saturated heterocycles. The molecule has 1 aromatic carbocycles. The van der Waals surface area contributed by atoms with E-state index in [0.29, 0.717) is 30.6 Å². The van der Waals surface area contributed by atoms with Gasteiger partial charge in [-0.25, -0.2) is 5.43 Å². The molecule has 5 unspecified atom stereocenters. The molecule has 11 heteroatoms. The molecule has 0 aliphatic carbocycles. The van der Waals surface area contributed by atoms with E-state index < -0.39 is 60.0 Å². The number of nitrogens with zero attached hydrogens (tertiary/aromatic N) is 2. The van der Waals surface area contributed by atoms with Gasteiger partial charge in [0.2, 0.25) is 5.91 Å². The Morgan fingerprint density at radius 2 is 1.78 bits per heavy atom. The first-order chi connectivity index (χ1) is 19.4. The van der Waals surface area contributed by atoms with Crippen LogP contribution < -0.4 is 16.1 Å². The molecule has 5 bridgehead atoms. The van der Waals surface area contributed by atoms with Gasteiger partial charge < -0.3 is 20.5 Å². The first-order valence-electron chi connectivity index (χ1n) is 14.0. The minimum absolute atomic E-state index is 0.258. The lowest BCUT2D eigenvalue weighted by molar-refractivity contribution is -0.167. The maximum absolute atomic E-state index is 13.3. The number of rotatable bonds is 2. The second kappa shape index (κ2) is 12.4. The number of nitrogens with one attached hydrogen (secondary N) is 3. The Hall–Kier alpha value is -3.83. The Bertz CT molecular complexity index is 1360. The number of pyridine rings is 1. The number of fused-ring (bicyclic) bond motifs is 4. The summed E-state index contributed by atoms with van der Waals surface area (Å²) < 4.78 is 5.63. The number of ether oxygens (including phenoxy) is 1. The highest BCUT2D eigenvalue weighted by molar-refractivity contribution is 5.91. The van der Waals surface area contributed by atoms with Crippen LogP contribution in [0.3, 0.4) is 0 Å². The standard InChI is InChI=1S/C30H39N5O6/c1-17(2)25-27(38)32-19(4)28(39)35-14-6-7-23(34-35)26(37)31-18(3)22-11-10-21-9-8-20(15-24(21)33-22)12-13-30(5,16-36)29(40)41-25/h8-13,15,17-19,23,25,34,36H,6-7,14,16H2,1-5H3,(H,31,37)(H,32,38). The van der Waals surface area contributed by atoms with E-state index >= 15 is 0 Å². The van der Waals surface area contributed by atoms with Crippen LogP contribution in [-0.2, 0) is 23.9 Å². The number of carbonyl (C=O) groups is 4. The monoisotopic (exact) mass is 565 g/mol. The molecular formula is C30H39N5O6. The number of esters is 1. The lowest BCUT2D eigenvalue weighted by Gasteiger charge is -2.35. The van der Waals surface area contributed by atoms with Gasteiger partial charge in [-0.1, -0.05) is 44.2 Å². The van der Waals surface area contributed by atoms with Crippen LogP contribution in [0.1, 0.15) is 64.8 Å². The van der Waals surface area contributed by atoms with Crippen LogP contribution in [0.25, 0.3) is 17.0 Å². The molecule has 11 nitrogen and oxygen atoms in total. The normalized spacial score (nSPS) is 28.4. The molecule has 2 aliphatic heterocycles. The number of benzene rings is 1. The Balaban J connectivity index is 1.72. The minimum Gasteiger partial charge on any atom is -0.451 e. The highest BCUT2D eigenvalue weighted by Gasteiger charge is 2.38. The van der Waals surface area contributed by atoms with Gasteiger partial charge in [0.05, 0.1) is 23.9 Å². The summed E-state index contributed by atoms with van der Waals surface area (Å²) >= 11 is 0. The maximum Gasteiger partial charge on any atom is 0.318 e. The van der Waals surface area contributed by atoms with Crippen molar-refractivity contribution in [2.24, 2.45) is 11.3 Å². The van der Waals surface area contributed by atoms with Gasteiger partial charge in [-0.05, 0) is 57.2 Å². The number of cyclic esters (lactones) is 1. The molecule has 41 heavy (non-hydrogen) atoms. The summed E-state index contributed by atoms with van der Waals surface area (Å²) in [4.78, 5) is 57.5. The number of hydrazine groups is 1. The van der Waals surface area contributed by atoms with Gasteiger partial charge in [0, 0.05) is 11.9 Å². The molecule has 5 atom stereocenters. The SMILES string of the molecule is CC1NC(=O)C(C(C)C)OC(=O)C(C)(CO)C=Cc2ccc3ccc(nc3c2)C(C)NC(=O)C2CCCN(N2)C1=O. The summed E-state index contributed by atoms with van der Waals surface area (Å²) in [5.41, 5.74) is 3.68. The van der Waals surface area contributed by atoms with Gasteiger partial charge in [0.25, 0.3) is 11.8 Å². The predicted molar refractivity (Wildman–Crippen MR) is 153 cm³/mol. The van der Waals surface area contributed by atoms with Crippen molar-refractivity contribution < 1.29 is 29.0 Å². The number of aliphatic hydroxyl groups excluding tert-OH is 1. The number of aromatic nitrogens is 1. The van der Waals surface area contributed by atoms with Gasteiger partial charge in [-0.2, -0.15) is 0 Å². The summed E-state index contributed by atoms with van der Waals surface area (Å²) in [7, 11) is 0. The van der Waals surface area contributed by atoms with E-state index in [1.165, 1.54) is 11.9 Å². The molecule has 0 radical (unpaired) electrons. The summed E-state index contributed by atoms with van der Waals surface area (Å²) in [5.74, 6) is -2.47. The summed E-state index contributed by atoms with van der Waals surface area (Å²) in [6.45, 7) is 8.20. The molecule has 0 saturated carbocycles. The highest BCUT2D eigenvalue weighted by atomic mass is 16.6. The third kappa shape index (κ3) is 6.74. The molecule has 2 aliphatic rings. The fourth-order valence-corrected chi connectivity index (χ4v) is 4.82. The fourth-order valence-electron chi connectivity index (χ4n) is 4.82. The third-order valence-electron chi connectivity index (χ3n) is 7.57. The van der Waals surface area contributed by atoms with Crippen LogP contribution in [0.2, 0.25) is 0 Å². The van der Waals surface area contributed by atoms with Crippen LogP contribution in [-0.4, -0.2) is 70.1 Å².